The molecule has 4 rings (SSSR count). The molecular weight excluding hydrogens is 342 g/mol. The minimum atomic E-state index is 0.446. The van der Waals surface area contributed by atoms with E-state index in [1.165, 1.54) is 39.4 Å². The van der Waals surface area contributed by atoms with Gasteiger partial charge in [0.15, 0.2) is 11.0 Å². The molecule has 2 aromatic carbocycles. The van der Waals surface area contributed by atoms with E-state index in [4.69, 9.17) is 0 Å². The van der Waals surface area contributed by atoms with Crippen LogP contribution < -0.4 is 4.57 Å². The summed E-state index contributed by atoms with van der Waals surface area (Å²) in [5.74, 6) is 2.10. The largest absolute Gasteiger partial charge is 0.344 e. The van der Waals surface area contributed by atoms with E-state index in [1.54, 1.807) is 0 Å². The number of hydrogen-bond donors (Lipinski definition) is 0. The van der Waals surface area contributed by atoms with Crippen LogP contribution in [0.1, 0.15) is 50.7 Å². The van der Waals surface area contributed by atoms with Crippen LogP contribution in [-0.2, 0) is 14.1 Å². The van der Waals surface area contributed by atoms with Gasteiger partial charge in [-0.25, -0.2) is 4.57 Å². The number of aryl methyl sites for hydroxylation is 2. The number of nitrogens with zero attached hydrogens (tertiary/aromatic N) is 3. The second-order valence-corrected chi connectivity index (χ2v) is 8.31. The van der Waals surface area contributed by atoms with Crippen LogP contribution in [0.3, 0.4) is 0 Å². The van der Waals surface area contributed by atoms with Crippen molar-refractivity contribution < 1.29 is 4.57 Å². The van der Waals surface area contributed by atoms with Gasteiger partial charge in [-0.05, 0) is 36.1 Å². The van der Waals surface area contributed by atoms with Gasteiger partial charge in [-0.15, -0.1) is 0 Å². The smallest absolute Gasteiger partial charge is 0.311 e. The number of aromatic nitrogens is 3. The number of rotatable bonds is 4. The summed E-state index contributed by atoms with van der Waals surface area (Å²) in [6, 6.07) is 19.8. The molecule has 0 fully saturated rings. The summed E-state index contributed by atoms with van der Waals surface area (Å²) in [6.07, 6.45) is 2.12. The lowest BCUT2D eigenvalue weighted by atomic mass is 9.92. The predicted octanol–water partition coefficient (Wildman–Crippen LogP) is 5.71. The van der Waals surface area contributed by atoms with E-state index in [2.05, 4.69) is 116 Å². The van der Waals surface area contributed by atoms with Crippen LogP contribution in [0.5, 0.6) is 0 Å². The van der Waals surface area contributed by atoms with Crippen molar-refractivity contribution in [2.75, 3.05) is 0 Å². The fraction of sp³-hybridized carbons (Fsp3) is 0.320. The van der Waals surface area contributed by atoms with E-state index in [1.807, 2.05) is 0 Å². The molecule has 3 heteroatoms. The Morgan fingerprint density at radius 2 is 1.43 bits per heavy atom. The third-order valence-electron chi connectivity index (χ3n) is 5.75. The molecule has 0 radical (unpaired) electrons. The van der Waals surface area contributed by atoms with Crippen LogP contribution in [0.25, 0.3) is 28.2 Å². The topological polar surface area (TPSA) is 13.7 Å². The molecule has 0 bridgehead atoms. The van der Waals surface area contributed by atoms with Crippen molar-refractivity contribution in [3.05, 3.63) is 71.9 Å². The molecule has 0 aliphatic carbocycles. The molecule has 4 aromatic rings. The molecule has 0 unspecified atom stereocenters. The zero-order valence-corrected chi connectivity index (χ0v) is 17.8. The van der Waals surface area contributed by atoms with E-state index in [9.17, 15) is 0 Å². The number of hydrogen-bond acceptors (Lipinski definition) is 0. The fourth-order valence-electron chi connectivity index (χ4n) is 4.29. The maximum Gasteiger partial charge on any atom is 0.311 e. The Hall–Kier alpha value is -2.81. The molecule has 28 heavy (non-hydrogen) atoms. The normalized spacial score (nSPS) is 11.9. The number of benzene rings is 2. The van der Waals surface area contributed by atoms with Crippen LogP contribution in [0.4, 0.5) is 0 Å². The van der Waals surface area contributed by atoms with Crippen molar-refractivity contribution in [2.45, 2.75) is 39.5 Å². The van der Waals surface area contributed by atoms with E-state index >= 15 is 0 Å². The third kappa shape index (κ3) is 2.77. The van der Waals surface area contributed by atoms with E-state index in [-0.39, 0.29) is 0 Å². The highest BCUT2D eigenvalue weighted by molar-refractivity contribution is 5.79. The van der Waals surface area contributed by atoms with Crippen molar-refractivity contribution in [3.8, 4) is 17.2 Å². The molecule has 2 heterocycles. The molecule has 0 N–H and O–H groups in total. The van der Waals surface area contributed by atoms with Gasteiger partial charge in [-0.3, -0.25) is 0 Å². The molecule has 0 amide bonds. The van der Waals surface area contributed by atoms with Crippen LogP contribution >= 0.6 is 0 Å². The van der Waals surface area contributed by atoms with Gasteiger partial charge < -0.3 is 4.57 Å². The van der Waals surface area contributed by atoms with Crippen molar-refractivity contribution in [1.29, 1.82) is 0 Å². The van der Waals surface area contributed by atoms with Crippen molar-refractivity contribution in [1.82, 2.24) is 9.13 Å². The average Bonchev–Trinajstić information content (AvgIpc) is 3.21. The second-order valence-electron chi connectivity index (χ2n) is 8.31. The molecule has 3 nitrogen and oxygen atoms in total. The highest BCUT2D eigenvalue weighted by atomic mass is 15.2. The van der Waals surface area contributed by atoms with Gasteiger partial charge in [0.1, 0.15) is 11.4 Å². The Kier molecular flexibility index (Phi) is 4.62. The maximum atomic E-state index is 2.48. The van der Waals surface area contributed by atoms with E-state index in [0.29, 0.717) is 11.8 Å². The summed E-state index contributed by atoms with van der Waals surface area (Å²) < 4.78 is 7.01. The van der Waals surface area contributed by atoms with Crippen LogP contribution in [0.15, 0.2) is 60.8 Å². The number of fused-ring (bicyclic) bond motifs is 1. The van der Waals surface area contributed by atoms with Gasteiger partial charge in [0.05, 0.1) is 7.05 Å². The molecular formula is C25H30N3+. The number of para-hydroxylation sites is 3. The van der Waals surface area contributed by atoms with Gasteiger partial charge >= 0.3 is 5.82 Å². The lowest BCUT2D eigenvalue weighted by molar-refractivity contribution is -0.634. The van der Waals surface area contributed by atoms with Gasteiger partial charge in [-0.2, -0.15) is 4.57 Å². The quantitative estimate of drug-likeness (QED) is 0.407. The summed E-state index contributed by atoms with van der Waals surface area (Å²) in [5.41, 5.74) is 7.82. The van der Waals surface area contributed by atoms with Crippen molar-refractivity contribution in [2.24, 2.45) is 14.1 Å². The molecule has 0 aliphatic heterocycles. The highest BCUT2D eigenvalue weighted by Crippen LogP contribution is 2.36. The Morgan fingerprint density at radius 1 is 0.786 bits per heavy atom. The summed E-state index contributed by atoms with van der Waals surface area (Å²) in [7, 11) is 4.29. The molecule has 0 saturated heterocycles. The maximum absolute atomic E-state index is 2.48. The first-order valence-electron chi connectivity index (χ1n) is 10.2. The average molecular weight is 373 g/mol. The monoisotopic (exact) mass is 372 g/mol. The first-order chi connectivity index (χ1) is 13.4. The molecule has 0 atom stereocenters. The summed E-state index contributed by atoms with van der Waals surface area (Å²) >= 11 is 0. The van der Waals surface area contributed by atoms with Gasteiger partial charge in [0, 0.05) is 24.4 Å². The minimum absolute atomic E-state index is 0.446. The Balaban J connectivity index is 2.21. The van der Waals surface area contributed by atoms with Crippen LogP contribution in [0.2, 0.25) is 0 Å². The lowest BCUT2D eigenvalue weighted by Gasteiger charge is -2.18. The predicted molar refractivity (Wildman–Crippen MR) is 117 cm³/mol. The van der Waals surface area contributed by atoms with Gasteiger partial charge in [0.2, 0.25) is 0 Å². The lowest BCUT2D eigenvalue weighted by Crippen LogP contribution is -2.31. The third-order valence-corrected chi connectivity index (χ3v) is 5.75. The standard InChI is InChI=1S/C25H30N3/c1-17(2)19-11-9-12-20(18(3)4)24(19)28-22-14-8-7-13-21(22)27(6)25(28)23-15-10-16-26(23)5/h7-18H,1-6H3/q+1. The van der Waals surface area contributed by atoms with Crippen molar-refractivity contribution in [3.63, 3.8) is 0 Å². The zero-order chi connectivity index (χ0) is 20.0. The summed E-state index contributed by atoms with van der Waals surface area (Å²) in [5, 5.41) is 0. The Bertz CT molecular complexity index is 1120. The first-order valence-corrected chi connectivity index (χ1v) is 10.2. The van der Waals surface area contributed by atoms with Gasteiger partial charge in [-0.1, -0.05) is 58.0 Å². The van der Waals surface area contributed by atoms with Gasteiger partial charge in [0.25, 0.3) is 0 Å². The van der Waals surface area contributed by atoms with E-state index in [0.717, 1.165) is 0 Å². The van der Waals surface area contributed by atoms with Crippen LogP contribution in [0, 0.1) is 0 Å². The van der Waals surface area contributed by atoms with Crippen LogP contribution in [-0.4, -0.2) is 9.13 Å². The molecule has 2 aromatic heterocycles. The summed E-state index contributed by atoms with van der Waals surface area (Å²) in [6.45, 7) is 9.15. The SMILES string of the molecule is CC(C)c1cccc(C(C)C)c1-n1c(-c2cccn2C)[n+](C)c2ccccc21. The Morgan fingerprint density at radius 3 is 2.00 bits per heavy atom. The first kappa shape index (κ1) is 18.5. The number of imidazole rings is 1. The zero-order valence-electron chi connectivity index (χ0n) is 17.8. The van der Waals surface area contributed by atoms with Crippen molar-refractivity contribution >= 4 is 11.0 Å². The molecule has 0 aliphatic rings. The molecule has 0 spiro atoms. The van der Waals surface area contributed by atoms with E-state index < -0.39 is 0 Å². The highest BCUT2D eigenvalue weighted by Gasteiger charge is 2.31. The Labute approximate surface area is 167 Å². The summed E-state index contributed by atoms with van der Waals surface area (Å²) in [4.78, 5) is 0. The second kappa shape index (κ2) is 6.97. The molecule has 0 saturated carbocycles. The molecule has 144 valence electrons. The fourth-order valence-corrected chi connectivity index (χ4v) is 4.29. The minimum Gasteiger partial charge on any atom is -0.344 e.